The van der Waals surface area contributed by atoms with Gasteiger partial charge in [0.25, 0.3) is 0 Å². The first-order valence-corrected chi connectivity index (χ1v) is 6.71. The molecule has 0 spiro atoms. The number of nitrogens with zero attached hydrogens (tertiary/aromatic N) is 4. The zero-order chi connectivity index (χ0) is 14.7. The first kappa shape index (κ1) is 16.2. The Labute approximate surface area is 140 Å². The van der Waals surface area contributed by atoms with Crippen molar-refractivity contribution in [2.45, 2.75) is 12.6 Å². The molecule has 2 aliphatic rings. The van der Waals surface area contributed by atoms with Gasteiger partial charge in [-0.2, -0.15) is 19.1 Å². The Morgan fingerprint density at radius 2 is 2.19 bits per heavy atom. The van der Waals surface area contributed by atoms with E-state index in [2.05, 4.69) is 9.38 Å². The molecule has 1 saturated heterocycles. The number of rotatable bonds is 2. The Hall–Kier alpha value is -1.18. The Morgan fingerprint density at radius 3 is 2.76 bits per heavy atom. The number of urea groups is 1. The summed E-state index contributed by atoms with van der Waals surface area (Å²) in [4.78, 5) is 24.3. The minimum atomic E-state index is -5.08. The van der Waals surface area contributed by atoms with E-state index in [1.54, 1.807) is 0 Å². The van der Waals surface area contributed by atoms with Gasteiger partial charge in [-0.05, 0) is 0 Å². The number of nitrogens with two attached hydrogens (primary N) is 1. The normalized spacial score (nSPS) is 20.2. The third-order valence-corrected chi connectivity index (χ3v) is 3.46. The molecule has 0 saturated carbocycles. The maximum Gasteiger partial charge on any atom is 1.00 e. The van der Waals surface area contributed by atoms with Gasteiger partial charge in [0.15, 0.2) is 0 Å². The predicted molar refractivity (Wildman–Crippen MR) is 58.4 cm³/mol. The van der Waals surface area contributed by atoms with Crippen LogP contribution in [-0.2, 0) is 21.2 Å². The molecule has 0 radical (unpaired) electrons. The molecule has 1 fully saturated rings. The Balaban J connectivity index is 0.00000161. The molecule has 3 heterocycles. The van der Waals surface area contributed by atoms with Crippen molar-refractivity contribution in [2.75, 3.05) is 6.54 Å². The summed E-state index contributed by atoms with van der Waals surface area (Å²) < 4.78 is 37.1. The second-order valence-corrected chi connectivity index (χ2v) is 5.25. The van der Waals surface area contributed by atoms with Crippen molar-refractivity contribution in [3.8, 4) is 0 Å². The van der Waals surface area contributed by atoms with Crippen molar-refractivity contribution in [1.29, 1.82) is 0 Å². The monoisotopic (exact) mass is 325 g/mol. The first-order chi connectivity index (χ1) is 9.28. The van der Waals surface area contributed by atoms with Crippen LogP contribution in [0.3, 0.4) is 0 Å². The average Bonchev–Trinajstić information content (AvgIpc) is 2.84. The summed E-state index contributed by atoms with van der Waals surface area (Å²) >= 11 is 0. The van der Waals surface area contributed by atoms with E-state index >= 15 is 0 Å². The van der Waals surface area contributed by atoms with Crippen molar-refractivity contribution in [3.63, 3.8) is 0 Å². The van der Waals surface area contributed by atoms with Crippen LogP contribution in [0.4, 0.5) is 9.59 Å². The van der Waals surface area contributed by atoms with Gasteiger partial charge < -0.3 is 15.2 Å². The molecule has 21 heavy (non-hydrogen) atoms. The van der Waals surface area contributed by atoms with Gasteiger partial charge in [-0.25, -0.2) is 18.0 Å². The molecule has 1 aromatic heterocycles. The molecule has 0 aromatic carbocycles. The minimum Gasteiger partial charge on any atom is -0.724 e. The number of hydroxylamine groups is 2. The van der Waals surface area contributed by atoms with E-state index in [4.69, 9.17) is 5.73 Å². The van der Waals surface area contributed by atoms with Gasteiger partial charge in [-0.3, -0.25) is 0 Å². The van der Waals surface area contributed by atoms with Gasteiger partial charge in [0.1, 0.15) is 6.04 Å². The maximum absolute atomic E-state index is 11.9. The van der Waals surface area contributed by atoms with Crippen molar-refractivity contribution in [3.05, 3.63) is 17.5 Å². The van der Waals surface area contributed by atoms with Crippen LogP contribution in [0.2, 0.25) is 0 Å². The fourth-order valence-electron chi connectivity index (χ4n) is 2.37. The standard InChI is InChI=1S/C8H9N5O6S.Na/c9-7(14)12-5-2-11-3-6(4(5)1-10-12)13(8(11)15)19-20(16,17)18;/h1,6H,2-3H2,(H2,9,14)(H,16,17,18);/q;+1/p-1. The van der Waals surface area contributed by atoms with Gasteiger partial charge in [-0.15, -0.1) is 0 Å². The van der Waals surface area contributed by atoms with Crippen LogP contribution < -0.4 is 35.3 Å². The van der Waals surface area contributed by atoms with Gasteiger partial charge >= 0.3 is 41.6 Å². The largest absolute Gasteiger partial charge is 1.00 e. The van der Waals surface area contributed by atoms with Crippen LogP contribution in [0, 0.1) is 0 Å². The number of amides is 3. The third-order valence-electron chi connectivity index (χ3n) is 3.12. The average molecular weight is 325 g/mol. The molecule has 2 N–H and O–H groups in total. The summed E-state index contributed by atoms with van der Waals surface area (Å²) in [6, 6.07) is -2.44. The smallest absolute Gasteiger partial charge is 0.724 e. The second kappa shape index (κ2) is 5.23. The summed E-state index contributed by atoms with van der Waals surface area (Å²) in [6.07, 6.45) is 1.29. The number of primary amides is 1. The van der Waals surface area contributed by atoms with Gasteiger partial charge in [-0.1, -0.05) is 0 Å². The third kappa shape index (κ3) is 2.65. The molecule has 1 unspecified atom stereocenters. The molecule has 13 heteroatoms. The fourth-order valence-corrected chi connectivity index (χ4v) is 2.73. The van der Waals surface area contributed by atoms with Gasteiger partial charge in [0.2, 0.25) is 10.4 Å². The molecule has 2 bridgehead atoms. The van der Waals surface area contributed by atoms with Crippen LogP contribution >= 0.6 is 0 Å². The molecule has 3 amide bonds. The number of carbonyl (C=O) groups excluding carboxylic acids is 2. The summed E-state index contributed by atoms with van der Waals surface area (Å²) in [5.74, 6) is 0. The van der Waals surface area contributed by atoms with E-state index in [-0.39, 0.29) is 42.6 Å². The molecule has 1 aromatic rings. The van der Waals surface area contributed by atoms with E-state index in [0.717, 1.165) is 4.68 Å². The quantitative estimate of drug-likeness (QED) is 0.327. The molecular formula is C8H8N5NaO6S. The van der Waals surface area contributed by atoms with Crippen molar-refractivity contribution in [2.24, 2.45) is 5.73 Å². The summed E-state index contributed by atoms with van der Waals surface area (Å²) in [7, 11) is -5.08. The zero-order valence-electron chi connectivity index (χ0n) is 10.8. The number of hydrogen-bond acceptors (Lipinski definition) is 7. The van der Waals surface area contributed by atoms with Gasteiger partial charge in [0.05, 0.1) is 25.0 Å². The molecule has 0 aliphatic carbocycles. The SMILES string of the molecule is NC(=O)n1ncc2c1CN1CC2N(OS(=O)(=O)[O-])C1=O.[Na+]. The van der Waals surface area contributed by atoms with Crippen molar-refractivity contribution >= 4 is 22.5 Å². The van der Waals surface area contributed by atoms with Crippen LogP contribution in [0.25, 0.3) is 0 Å². The van der Waals surface area contributed by atoms with E-state index in [1.165, 1.54) is 11.1 Å². The van der Waals surface area contributed by atoms with Crippen LogP contribution in [0.1, 0.15) is 17.3 Å². The van der Waals surface area contributed by atoms with E-state index < -0.39 is 28.5 Å². The molecule has 2 aliphatic heterocycles. The topological polar surface area (TPSA) is 151 Å². The number of carbonyl (C=O) groups is 2. The predicted octanol–water partition coefficient (Wildman–Crippen LogP) is -4.50. The molecule has 3 rings (SSSR count). The molecule has 108 valence electrons. The summed E-state index contributed by atoms with van der Waals surface area (Å²) in [5.41, 5.74) is 5.90. The van der Waals surface area contributed by atoms with E-state index in [1.807, 2.05) is 0 Å². The zero-order valence-corrected chi connectivity index (χ0v) is 13.6. The maximum atomic E-state index is 11.9. The second-order valence-electron chi connectivity index (χ2n) is 4.28. The molecular weight excluding hydrogens is 317 g/mol. The summed E-state index contributed by atoms with van der Waals surface area (Å²) in [6.45, 7) is 0.151. The van der Waals surface area contributed by atoms with Crippen LogP contribution in [-0.4, -0.2) is 51.3 Å². The number of aromatic nitrogens is 2. The number of fused-ring (bicyclic) bond motifs is 4. The van der Waals surface area contributed by atoms with E-state index in [9.17, 15) is 22.6 Å². The fraction of sp³-hybridized carbons (Fsp3) is 0.375. The summed E-state index contributed by atoms with van der Waals surface area (Å²) in [5, 5.41) is 4.24. The van der Waals surface area contributed by atoms with Crippen LogP contribution in [0.5, 0.6) is 0 Å². The first-order valence-electron chi connectivity index (χ1n) is 5.38. The van der Waals surface area contributed by atoms with Crippen molar-refractivity contribution in [1.82, 2.24) is 19.7 Å². The minimum absolute atomic E-state index is 0. The van der Waals surface area contributed by atoms with E-state index in [0.29, 0.717) is 16.3 Å². The molecule has 1 atom stereocenters. The Bertz CT molecular complexity index is 717. The molecule has 11 nitrogen and oxygen atoms in total. The van der Waals surface area contributed by atoms with Crippen LogP contribution in [0.15, 0.2) is 6.20 Å². The van der Waals surface area contributed by atoms with Gasteiger partial charge in [0, 0.05) is 5.56 Å². The number of hydrogen-bond donors (Lipinski definition) is 1. The Morgan fingerprint density at radius 1 is 1.52 bits per heavy atom. The van der Waals surface area contributed by atoms with Crippen molar-refractivity contribution < 1.29 is 56.4 Å². The Kier molecular flexibility index (Phi) is 4.03.